The maximum absolute atomic E-state index is 5.88. The van der Waals surface area contributed by atoms with E-state index in [2.05, 4.69) is 57.3 Å². The molecule has 0 radical (unpaired) electrons. The lowest BCUT2D eigenvalue weighted by atomic mass is 10.0. The zero-order chi connectivity index (χ0) is 11.8. The average Bonchev–Trinajstić information content (AvgIpc) is 2.45. The highest BCUT2D eigenvalue weighted by molar-refractivity contribution is 5.23. The van der Waals surface area contributed by atoms with Crippen molar-refractivity contribution in [3.8, 4) is 0 Å². The van der Waals surface area contributed by atoms with E-state index < -0.39 is 0 Å². The Morgan fingerprint density at radius 1 is 1.19 bits per heavy atom. The third-order valence-electron chi connectivity index (χ3n) is 3.02. The highest BCUT2D eigenvalue weighted by Crippen LogP contribution is 2.26. The molecule has 2 heteroatoms. The van der Waals surface area contributed by atoms with Gasteiger partial charge in [0.15, 0.2) is 0 Å². The number of hydrogen-bond donors (Lipinski definition) is 1. The van der Waals surface area contributed by atoms with E-state index in [1.165, 1.54) is 11.1 Å². The summed E-state index contributed by atoms with van der Waals surface area (Å²) in [6.07, 6.45) is 0.913. The lowest BCUT2D eigenvalue weighted by Crippen LogP contribution is -2.47. The van der Waals surface area contributed by atoms with Crippen LogP contribution >= 0.6 is 0 Å². The maximum atomic E-state index is 5.88. The fourth-order valence-electron chi connectivity index (χ4n) is 2.32. The number of hydrogen-bond acceptors (Lipinski definition) is 2. The monoisotopic (exact) mass is 219 g/mol. The first kappa shape index (κ1) is 11.6. The molecule has 0 amide bonds. The summed E-state index contributed by atoms with van der Waals surface area (Å²) < 4.78 is 5.88. The number of rotatable bonds is 2. The van der Waals surface area contributed by atoms with Crippen LogP contribution in [0.2, 0.25) is 0 Å². The first-order chi connectivity index (χ1) is 7.39. The van der Waals surface area contributed by atoms with Gasteiger partial charge in [-0.1, -0.05) is 29.8 Å². The molecular weight excluding hydrogens is 198 g/mol. The molecule has 1 aromatic rings. The second-order valence-corrected chi connectivity index (χ2v) is 5.69. The minimum absolute atomic E-state index is 0.0828. The van der Waals surface area contributed by atoms with Crippen LogP contribution in [-0.2, 0) is 11.2 Å². The Labute approximate surface area is 98.0 Å². The van der Waals surface area contributed by atoms with Crippen molar-refractivity contribution in [3.05, 3.63) is 35.4 Å². The van der Waals surface area contributed by atoms with Gasteiger partial charge in [0.2, 0.25) is 0 Å². The van der Waals surface area contributed by atoms with Crippen molar-refractivity contribution in [2.75, 3.05) is 6.61 Å². The van der Waals surface area contributed by atoms with E-state index in [0.29, 0.717) is 0 Å². The minimum Gasteiger partial charge on any atom is -0.359 e. The van der Waals surface area contributed by atoms with Gasteiger partial charge in [0.05, 0.1) is 6.61 Å². The second-order valence-electron chi connectivity index (χ2n) is 5.69. The van der Waals surface area contributed by atoms with E-state index in [-0.39, 0.29) is 11.3 Å². The highest BCUT2D eigenvalue weighted by Gasteiger charge is 2.39. The maximum Gasteiger partial charge on any atom is 0.121 e. The molecule has 0 bridgehead atoms. The summed E-state index contributed by atoms with van der Waals surface area (Å²) in [7, 11) is 0. The van der Waals surface area contributed by atoms with Crippen LogP contribution in [0.25, 0.3) is 0 Å². The molecule has 1 aliphatic rings. The zero-order valence-corrected chi connectivity index (χ0v) is 10.6. The van der Waals surface area contributed by atoms with Crippen LogP contribution in [0.5, 0.6) is 0 Å². The van der Waals surface area contributed by atoms with Crippen molar-refractivity contribution in [1.82, 2.24) is 5.32 Å². The van der Waals surface area contributed by atoms with Crippen molar-refractivity contribution in [3.63, 3.8) is 0 Å². The van der Waals surface area contributed by atoms with E-state index in [1.54, 1.807) is 0 Å². The van der Waals surface area contributed by atoms with Crippen molar-refractivity contribution in [2.24, 2.45) is 0 Å². The first-order valence-corrected chi connectivity index (χ1v) is 5.87. The summed E-state index contributed by atoms with van der Waals surface area (Å²) in [6.45, 7) is 9.36. The van der Waals surface area contributed by atoms with Crippen molar-refractivity contribution in [2.45, 2.75) is 45.4 Å². The van der Waals surface area contributed by atoms with Crippen molar-refractivity contribution in [1.29, 1.82) is 0 Å². The number of aryl methyl sites for hydroxylation is 1. The van der Waals surface area contributed by atoms with Crippen LogP contribution < -0.4 is 5.32 Å². The van der Waals surface area contributed by atoms with Gasteiger partial charge in [-0.3, -0.25) is 5.32 Å². The Kier molecular flexibility index (Phi) is 2.81. The Hall–Kier alpha value is -0.860. The van der Waals surface area contributed by atoms with E-state index in [1.807, 2.05) is 0 Å². The third-order valence-corrected chi connectivity index (χ3v) is 3.02. The molecule has 0 aliphatic carbocycles. The minimum atomic E-state index is -0.223. The van der Waals surface area contributed by atoms with Crippen molar-refractivity contribution >= 4 is 0 Å². The largest absolute Gasteiger partial charge is 0.359 e. The van der Waals surface area contributed by atoms with Gasteiger partial charge in [0.25, 0.3) is 0 Å². The molecule has 1 fully saturated rings. The SMILES string of the molecule is Cc1ccc(CC2(C)NC(C)(C)CO2)cc1. The molecule has 1 aromatic carbocycles. The fraction of sp³-hybridized carbons (Fsp3) is 0.571. The molecule has 1 atom stereocenters. The number of benzene rings is 1. The highest BCUT2D eigenvalue weighted by atomic mass is 16.5. The topological polar surface area (TPSA) is 21.3 Å². The summed E-state index contributed by atoms with van der Waals surface area (Å²) in [5, 5.41) is 3.55. The van der Waals surface area contributed by atoms with Gasteiger partial charge in [0, 0.05) is 12.0 Å². The van der Waals surface area contributed by atoms with E-state index in [4.69, 9.17) is 4.74 Å². The Morgan fingerprint density at radius 2 is 1.81 bits per heavy atom. The normalized spacial score (nSPS) is 28.2. The van der Waals surface area contributed by atoms with Crippen molar-refractivity contribution < 1.29 is 4.74 Å². The fourth-order valence-corrected chi connectivity index (χ4v) is 2.32. The van der Waals surface area contributed by atoms with Gasteiger partial charge in [-0.2, -0.15) is 0 Å². The Morgan fingerprint density at radius 3 is 2.31 bits per heavy atom. The predicted octanol–water partition coefficient (Wildman–Crippen LogP) is 2.65. The summed E-state index contributed by atoms with van der Waals surface area (Å²) in [6, 6.07) is 8.66. The molecular formula is C14H21NO. The molecule has 0 spiro atoms. The Bertz CT molecular complexity index is 369. The molecule has 1 heterocycles. The quantitative estimate of drug-likeness (QED) is 0.825. The summed E-state index contributed by atoms with van der Waals surface area (Å²) >= 11 is 0. The van der Waals surface area contributed by atoms with Crippen LogP contribution in [-0.4, -0.2) is 17.9 Å². The second kappa shape index (κ2) is 3.86. The summed E-state index contributed by atoms with van der Waals surface area (Å²) in [4.78, 5) is 0. The third kappa shape index (κ3) is 2.63. The summed E-state index contributed by atoms with van der Waals surface area (Å²) in [5.74, 6) is 0. The zero-order valence-electron chi connectivity index (χ0n) is 10.6. The van der Waals surface area contributed by atoms with Crippen LogP contribution in [0.15, 0.2) is 24.3 Å². The average molecular weight is 219 g/mol. The molecule has 2 nitrogen and oxygen atoms in total. The molecule has 1 unspecified atom stereocenters. The molecule has 0 saturated carbocycles. The number of nitrogens with one attached hydrogen (secondary N) is 1. The summed E-state index contributed by atoms with van der Waals surface area (Å²) in [5.41, 5.74) is 2.48. The van der Waals surface area contributed by atoms with Crippen LogP contribution in [0.1, 0.15) is 31.9 Å². The Balaban J connectivity index is 2.07. The molecule has 0 aromatic heterocycles. The first-order valence-electron chi connectivity index (χ1n) is 5.87. The molecule has 16 heavy (non-hydrogen) atoms. The lowest BCUT2D eigenvalue weighted by molar-refractivity contribution is 0.00669. The smallest absolute Gasteiger partial charge is 0.121 e. The van der Waals surface area contributed by atoms with Gasteiger partial charge in [-0.05, 0) is 33.3 Å². The standard InChI is InChI=1S/C14H21NO/c1-11-5-7-12(8-6-11)9-14(4)15-13(2,3)10-16-14/h5-8,15H,9-10H2,1-4H3. The number of ether oxygens (including phenoxy) is 1. The van der Waals surface area contributed by atoms with Gasteiger partial charge < -0.3 is 4.74 Å². The van der Waals surface area contributed by atoms with E-state index >= 15 is 0 Å². The van der Waals surface area contributed by atoms with Crippen LogP contribution in [0, 0.1) is 6.92 Å². The van der Waals surface area contributed by atoms with Crippen LogP contribution in [0.4, 0.5) is 0 Å². The molecule has 88 valence electrons. The molecule has 1 N–H and O–H groups in total. The van der Waals surface area contributed by atoms with E-state index in [9.17, 15) is 0 Å². The molecule has 1 aliphatic heterocycles. The molecule has 2 rings (SSSR count). The van der Waals surface area contributed by atoms with E-state index in [0.717, 1.165) is 13.0 Å². The van der Waals surface area contributed by atoms with Gasteiger partial charge in [-0.25, -0.2) is 0 Å². The van der Waals surface area contributed by atoms with Gasteiger partial charge >= 0.3 is 0 Å². The van der Waals surface area contributed by atoms with Gasteiger partial charge in [-0.15, -0.1) is 0 Å². The van der Waals surface area contributed by atoms with Crippen LogP contribution in [0.3, 0.4) is 0 Å². The predicted molar refractivity (Wildman–Crippen MR) is 66.5 cm³/mol. The molecule has 1 saturated heterocycles. The van der Waals surface area contributed by atoms with Gasteiger partial charge in [0.1, 0.15) is 5.72 Å². The lowest BCUT2D eigenvalue weighted by Gasteiger charge is -2.26.